The van der Waals surface area contributed by atoms with Gasteiger partial charge in [0, 0.05) is 31.7 Å². The summed E-state index contributed by atoms with van der Waals surface area (Å²) in [6.07, 6.45) is 6.79. The third kappa shape index (κ3) is 3.74. The van der Waals surface area contributed by atoms with Crippen LogP contribution in [0, 0.1) is 0 Å². The van der Waals surface area contributed by atoms with Gasteiger partial charge in [0.2, 0.25) is 0 Å². The molecule has 1 fully saturated rings. The van der Waals surface area contributed by atoms with Crippen LogP contribution in [0.1, 0.15) is 52.9 Å². The Morgan fingerprint density at radius 1 is 1.00 bits per heavy atom. The highest BCUT2D eigenvalue weighted by Gasteiger charge is 2.31. The van der Waals surface area contributed by atoms with Gasteiger partial charge in [-0.3, -0.25) is 4.90 Å². The number of nitrogens with zero attached hydrogens (tertiary/aromatic N) is 2. The second kappa shape index (κ2) is 6.61. The topological polar surface area (TPSA) is 6.48 Å². The molecular weight excluding hydrogens is 196 g/mol. The van der Waals surface area contributed by atoms with Gasteiger partial charge >= 0.3 is 0 Å². The summed E-state index contributed by atoms with van der Waals surface area (Å²) in [6, 6.07) is 0. The maximum Gasteiger partial charge on any atom is 0.0179 e. The molecular formula is C14H30N2. The van der Waals surface area contributed by atoms with E-state index < -0.39 is 0 Å². The maximum absolute atomic E-state index is 2.72. The van der Waals surface area contributed by atoms with Crippen molar-refractivity contribution in [2.45, 2.75) is 58.4 Å². The Morgan fingerprint density at radius 2 is 1.62 bits per heavy atom. The Morgan fingerprint density at radius 3 is 2.12 bits per heavy atom. The fraction of sp³-hybridized carbons (Fsp3) is 1.00. The van der Waals surface area contributed by atoms with E-state index in [9.17, 15) is 0 Å². The molecule has 2 heteroatoms. The van der Waals surface area contributed by atoms with E-state index in [0.717, 1.165) is 0 Å². The lowest BCUT2D eigenvalue weighted by Gasteiger charge is -2.45. The molecule has 0 radical (unpaired) electrons. The van der Waals surface area contributed by atoms with Gasteiger partial charge in [-0.05, 0) is 26.8 Å². The zero-order valence-corrected chi connectivity index (χ0v) is 11.8. The molecule has 0 aromatic rings. The van der Waals surface area contributed by atoms with Gasteiger partial charge in [-0.2, -0.15) is 0 Å². The van der Waals surface area contributed by atoms with Gasteiger partial charge in [0.25, 0.3) is 0 Å². The van der Waals surface area contributed by atoms with Crippen molar-refractivity contribution in [3.05, 3.63) is 0 Å². The Kier molecular flexibility index (Phi) is 5.77. The molecule has 1 rings (SSSR count). The minimum absolute atomic E-state index is 0.455. The normalized spacial score (nSPS) is 23.2. The SMILES string of the molecule is CCCCCC(C)(CC)N1CCN(C)CC1. The molecule has 0 amide bonds. The van der Waals surface area contributed by atoms with Gasteiger partial charge in [0.15, 0.2) is 0 Å². The van der Waals surface area contributed by atoms with E-state index in [-0.39, 0.29) is 0 Å². The predicted molar refractivity (Wildman–Crippen MR) is 71.9 cm³/mol. The van der Waals surface area contributed by atoms with Crippen molar-refractivity contribution in [2.24, 2.45) is 0 Å². The monoisotopic (exact) mass is 226 g/mol. The van der Waals surface area contributed by atoms with Crippen LogP contribution < -0.4 is 0 Å². The molecule has 1 aliphatic rings. The van der Waals surface area contributed by atoms with Gasteiger partial charge < -0.3 is 4.90 Å². The van der Waals surface area contributed by atoms with E-state index in [1.165, 1.54) is 58.3 Å². The minimum atomic E-state index is 0.455. The van der Waals surface area contributed by atoms with Crippen molar-refractivity contribution in [2.75, 3.05) is 33.2 Å². The van der Waals surface area contributed by atoms with Crippen LogP contribution in [0.3, 0.4) is 0 Å². The standard InChI is InChI=1S/C14H30N2/c1-5-7-8-9-14(3,6-2)16-12-10-15(4)11-13-16/h5-13H2,1-4H3. The van der Waals surface area contributed by atoms with E-state index >= 15 is 0 Å². The van der Waals surface area contributed by atoms with Crippen molar-refractivity contribution in [1.29, 1.82) is 0 Å². The highest BCUT2D eigenvalue weighted by molar-refractivity contribution is 4.87. The first-order chi connectivity index (χ1) is 7.62. The second-order valence-corrected chi connectivity index (χ2v) is 5.60. The largest absolute Gasteiger partial charge is 0.304 e. The molecule has 0 bridgehead atoms. The maximum atomic E-state index is 2.72. The second-order valence-electron chi connectivity index (χ2n) is 5.60. The first-order valence-corrected chi connectivity index (χ1v) is 7.06. The summed E-state index contributed by atoms with van der Waals surface area (Å²) in [5.74, 6) is 0. The summed E-state index contributed by atoms with van der Waals surface area (Å²) in [5, 5.41) is 0. The molecule has 1 heterocycles. The molecule has 1 unspecified atom stereocenters. The number of unbranched alkanes of at least 4 members (excludes halogenated alkanes) is 2. The summed E-state index contributed by atoms with van der Waals surface area (Å²) in [6.45, 7) is 12.1. The zero-order chi connectivity index (χ0) is 12.0. The summed E-state index contributed by atoms with van der Waals surface area (Å²) in [7, 11) is 2.23. The average molecular weight is 226 g/mol. The van der Waals surface area contributed by atoms with Crippen LogP contribution in [0.25, 0.3) is 0 Å². The van der Waals surface area contributed by atoms with Crippen molar-refractivity contribution in [1.82, 2.24) is 9.80 Å². The van der Waals surface area contributed by atoms with Crippen LogP contribution in [0.15, 0.2) is 0 Å². The molecule has 96 valence electrons. The first-order valence-electron chi connectivity index (χ1n) is 7.06. The van der Waals surface area contributed by atoms with Crippen molar-refractivity contribution < 1.29 is 0 Å². The molecule has 0 N–H and O–H groups in total. The number of piperazine rings is 1. The molecule has 0 saturated carbocycles. The molecule has 1 saturated heterocycles. The van der Waals surface area contributed by atoms with Gasteiger partial charge in [-0.25, -0.2) is 0 Å². The Bertz CT molecular complexity index is 185. The molecule has 2 nitrogen and oxygen atoms in total. The van der Waals surface area contributed by atoms with E-state index in [1.807, 2.05) is 0 Å². The fourth-order valence-corrected chi connectivity index (χ4v) is 2.66. The van der Waals surface area contributed by atoms with Crippen LogP contribution >= 0.6 is 0 Å². The Hall–Kier alpha value is -0.0800. The van der Waals surface area contributed by atoms with Crippen LogP contribution in [-0.2, 0) is 0 Å². The first kappa shape index (κ1) is 14.0. The zero-order valence-electron chi connectivity index (χ0n) is 11.8. The van der Waals surface area contributed by atoms with Crippen LogP contribution in [0.2, 0.25) is 0 Å². The Labute approximate surface area is 102 Å². The van der Waals surface area contributed by atoms with E-state index in [0.29, 0.717) is 5.54 Å². The van der Waals surface area contributed by atoms with Crippen molar-refractivity contribution in [3.63, 3.8) is 0 Å². The van der Waals surface area contributed by atoms with Crippen LogP contribution in [0.5, 0.6) is 0 Å². The molecule has 0 aromatic carbocycles. The van der Waals surface area contributed by atoms with E-state index in [2.05, 4.69) is 37.6 Å². The molecule has 0 spiro atoms. The highest BCUT2D eigenvalue weighted by Crippen LogP contribution is 2.27. The average Bonchev–Trinajstić information content (AvgIpc) is 2.30. The summed E-state index contributed by atoms with van der Waals surface area (Å²) >= 11 is 0. The molecule has 0 aromatic heterocycles. The molecule has 1 atom stereocenters. The number of rotatable bonds is 6. The van der Waals surface area contributed by atoms with Gasteiger partial charge in [-0.15, -0.1) is 0 Å². The lowest BCUT2D eigenvalue weighted by Crippen LogP contribution is -2.54. The van der Waals surface area contributed by atoms with E-state index in [1.54, 1.807) is 0 Å². The van der Waals surface area contributed by atoms with Gasteiger partial charge in [-0.1, -0.05) is 33.1 Å². The highest BCUT2D eigenvalue weighted by atomic mass is 15.3. The fourth-order valence-electron chi connectivity index (χ4n) is 2.66. The third-order valence-electron chi connectivity index (χ3n) is 4.35. The molecule has 0 aliphatic carbocycles. The lowest BCUT2D eigenvalue weighted by atomic mass is 9.89. The molecule has 1 aliphatic heterocycles. The van der Waals surface area contributed by atoms with Gasteiger partial charge in [0.05, 0.1) is 0 Å². The number of likely N-dealkylation sites (N-methyl/N-ethyl adjacent to an activating group) is 1. The predicted octanol–water partition coefficient (Wildman–Crippen LogP) is 2.98. The lowest BCUT2D eigenvalue weighted by molar-refractivity contribution is 0.0406. The van der Waals surface area contributed by atoms with Gasteiger partial charge in [0.1, 0.15) is 0 Å². The van der Waals surface area contributed by atoms with E-state index in [4.69, 9.17) is 0 Å². The Balaban J connectivity index is 2.44. The van der Waals surface area contributed by atoms with Crippen molar-refractivity contribution in [3.8, 4) is 0 Å². The summed E-state index contributed by atoms with van der Waals surface area (Å²) in [5.41, 5.74) is 0.455. The summed E-state index contributed by atoms with van der Waals surface area (Å²) in [4.78, 5) is 5.17. The smallest absolute Gasteiger partial charge is 0.0179 e. The minimum Gasteiger partial charge on any atom is -0.304 e. The number of hydrogen-bond donors (Lipinski definition) is 0. The van der Waals surface area contributed by atoms with Crippen LogP contribution in [0.4, 0.5) is 0 Å². The summed E-state index contributed by atoms with van der Waals surface area (Å²) < 4.78 is 0. The number of hydrogen-bond acceptors (Lipinski definition) is 2. The third-order valence-corrected chi connectivity index (χ3v) is 4.35. The van der Waals surface area contributed by atoms with Crippen LogP contribution in [-0.4, -0.2) is 48.6 Å². The quantitative estimate of drug-likeness (QED) is 0.642. The van der Waals surface area contributed by atoms with Crippen molar-refractivity contribution >= 4 is 0 Å². The molecule has 16 heavy (non-hydrogen) atoms.